The highest BCUT2D eigenvalue weighted by Crippen LogP contribution is 2.29. The third-order valence-electron chi connectivity index (χ3n) is 4.20. The zero-order valence-corrected chi connectivity index (χ0v) is 16.6. The number of fused-ring (bicyclic) bond motifs is 1. The minimum absolute atomic E-state index is 0.172. The second-order valence-electron chi connectivity index (χ2n) is 5.98. The lowest BCUT2D eigenvalue weighted by Gasteiger charge is -2.15. The van der Waals surface area contributed by atoms with Gasteiger partial charge in [0, 0.05) is 17.0 Å². The van der Waals surface area contributed by atoms with Crippen LogP contribution >= 0.6 is 23.4 Å². The first-order chi connectivity index (χ1) is 13.7. The van der Waals surface area contributed by atoms with E-state index in [2.05, 4.69) is 4.98 Å². The molecule has 0 atom stereocenters. The minimum atomic E-state index is -0.172. The fourth-order valence-electron chi connectivity index (χ4n) is 2.88. The highest BCUT2D eigenvalue weighted by atomic mass is 35.5. The molecule has 5 nitrogen and oxygen atoms in total. The number of benzene rings is 2. The van der Waals surface area contributed by atoms with E-state index in [4.69, 9.17) is 21.3 Å². The summed E-state index contributed by atoms with van der Waals surface area (Å²) in [5.41, 5.74) is 1.93. The van der Waals surface area contributed by atoms with Crippen molar-refractivity contribution in [3.63, 3.8) is 0 Å². The standard InChI is InChI=1S/C21H16ClN3O2S/c1-27-19-8-3-2-7-18(19)25-20(26)16-10-9-14(22)12-17(16)24-21(25)28-13-15-6-4-5-11-23-15/h2-12H,13H2,1H3. The van der Waals surface area contributed by atoms with Gasteiger partial charge in [-0.05, 0) is 42.5 Å². The molecule has 0 radical (unpaired) electrons. The van der Waals surface area contributed by atoms with Crippen molar-refractivity contribution in [2.24, 2.45) is 0 Å². The number of rotatable bonds is 5. The SMILES string of the molecule is COc1ccccc1-n1c(SCc2ccccn2)nc2cc(Cl)ccc2c1=O. The second-order valence-corrected chi connectivity index (χ2v) is 7.36. The van der Waals surface area contributed by atoms with E-state index in [9.17, 15) is 4.79 Å². The Hall–Kier alpha value is -2.83. The van der Waals surface area contributed by atoms with Crippen LogP contribution in [0.4, 0.5) is 0 Å². The molecule has 0 aliphatic heterocycles. The maximum atomic E-state index is 13.3. The quantitative estimate of drug-likeness (QED) is 0.352. The van der Waals surface area contributed by atoms with Crippen molar-refractivity contribution >= 4 is 34.3 Å². The van der Waals surface area contributed by atoms with Crippen LogP contribution in [-0.4, -0.2) is 21.6 Å². The van der Waals surface area contributed by atoms with Crippen molar-refractivity contribution in [2.75, 3.05) is 7.11 Å². The lowest BCUT2D eigenvalue weighted by Crippen LogP contribution is -2.22. The molecular formula is C21H16ClN3O2S. The monoisotopic (exact) mass is 409 g/mol. The highest BCUT2D eigenvalue weighted by molar-refractivity contribution is 7.98. The Bertz CT molecular complexity index is 1200. The molecule has 0 saturated carbocycles. The third-order valence-corrected chi connectivity index (χ3v) is 5.41. The van der Waals surface area contributed by atoms with Crippen LogP contribution in [0.5, 0.6) is 5.75 Å². The van der Waals surface area contributed by atoms with Gasteiger partial charge in [0.15, 0.2) is 5.16 Å². The number of nitrogens with zero attached hydrogens (tertiary/aromatic N) is 3. The number of methoxy groups -OCH3 is 1. The van der Waals surface area contributed by atoms with Crippen molar-refractivity contribution in [2.45, 2.75) is 10.9 Å². The Kier molecular flexibility index (Phi) is 5.32. The Morgan fingerprint density at radius 1 is 1.11 bits per heavy atom. The highest BCUT2D eigenvalue weighted by Gasteiger charge is 2.16. The van der Waals surface area contributed by atoms with Crippen molar-refractivity contribution in [3.8, 4) is 11.4 Å². The van der Waals surface area contributed by atoms with Crippen LogP contribution in [0.3, 0.4) is 0 Å². The van der Waals surface area contributed by atoms with Crippen molar-refractivity contribution in [1.29, 1.82) is 0 Å². The normalized spacial score (nSPS) is 10.9. The van der Waals surface area contributed by atoms with Gasteiger partial charge in [-0.1, -0.05) is 41.6 Å². The van der Waals surface area contributed by atoms with Gasteiger partial charge in [0.05, 0.1) is 29.4 Å². The summed E-state index contributed by atoms with van der Waals surface area (Å²) in [6, 6.07) is 18.2. The lowest BCUT2D eigenvalue weighted by molar-refractivity contribution is 0.411. The van der Waals surface area contributed by atoms with E-state index in [1.807, 2.05) is 42.5 Å². The predicted octanol–water partition coefficient (Wildman–Crippen LogP) is 4.74. The van der Waals surface area contributed by atoms with E-state index in [-0.39, 0.29) is 5.56 Å². The van der Waals surface area contributed by atoms with E-state index in [1.165, 1.54) is 11.8 Å². The van der Waals surface area contributed by atoms with Gasteiger partial charge in [-0.3, -0.25) is 14.3 Å². The van der Waals surface area contributed by atoms with E-state index in [1.54, 1.807) is 36.1 Å². The van der Waals surface area contributed by atoms with Gasteiger partial charge < -0.3 is 4.74 Å². The fourth-order valence-corrected chi connectivity index (χ4v) is 3.97. The molecule has 4 aromatic rings. The number of ether oxygens (including phenoxy) is 1. The first-order valence-electron chi connectivity index (χ1n) is 8.56. The summed E-state index contributed by atoms with van der Waals surface area (Å²) >= 11 is 7.55. The molecular weight excluding hydrogens is 394 g/mol. The van der Waals surface area contributed by atoms with Gasteiger partial charge in [-0.25, -0.2) is 4.98 Å². The zero-order chi connectivity index (χ0) is 19.5. The summed E-state index contributed by atoms with van der Waals surface area (Å²) in [4.78, 5) is 22.4. The van der Waals surface area contributed by atoms with Crippen LogP contribution in [0.1, 0.15) is 5.69 Å². The first-order valence-corrected chi connectivity index (χ1v) is 9.92. The number of pyridine rings is 1. The summed E-state index contributed by atoms with van der Waals surface area (Å²) in [5, 5.41) is 1.59. The van der Waals surface area contributed by atoms with E-state index in [0.717, 1.165) is 5.69 Å². The molecule has 0 amide bonds. The molecule has 0 fully saturated rings. The summed E-state index contributed by atoms with van der Waals surface area (Å²) in [7, 11) is 1.58. The summed E-state index contributed by atoms with van der Waals surface area (Å²) in [6.45, 7) is 0. The molecule has 0 saturated heterocycles. The number of aromatic nitrogens is 3. The predicted molar refractivity (Wildman–Crippen MR) is 113 cm³/mol. The maximum Gasteiger partial charge on any atom is 0.266 e. The van der Waals surface area contributed by atoms with E-state index >= 15 is 0 Å². The molecule has 0 unspecified atom stereocenters. The van der Waals surface area contributed by atoms with Gasteiger partial charge in [-0.2, -0.15) is 0 Å². The molecule has 2 aromatic heterocycles. The van der Waals surface area contributed by atoms with Gasteiger partial charge in [0.25, 0.3) is 5.56 Å². The smallest absolute Gasteiger partial charge is 0.266 e. The van der Waals surface area contributed by atoms with Crippen LogP contribution < -0.4 is 10.3 Å². The van der Waals surface area contributed by atoms with Crippen molar-refractivity contribution < 1.29 is 4.74 Å². The molecule has 0 spiro atoms. The van der Waals surface area contributed by atoms with Gasteiger partial charge in [-0.15, -0.1) is 0 Å². The molecule has 0 aliphatic rings. The number of para-hydroxylation sites is 2. The lowest BCUT2D eigenvalue weighted by atomic mass is 10.2. The van der Waals surface area contributed by atoms with Crippen LogP contribution in [0.15, 0.2) is 76.8 Å². The molecule has 2 aromatic carbocycles. The molecule has 0 aliphatic carbocycles. The Labute approximate surface area is 171 Å². The minimum Gasteiger partial charge on any atom is -0.495 e. The molecule has 0 N–H and O–H groups in total. The molecule has 7 heteroatoms. The van der Waals surface area contributed by atoms with E-state index < -0.39 is 0 Å². The topological polar surface area (TPSA) is 57.0 Å². The molecule has 2 heterocycles. The first kappa shape index (κ1) is 18.5. The van der Waals surface area contributed by atoms with Gasteiger partial charge in [0.2, 0.25) is 0 Å². The zero-order valence-electron chi connectivity index (χ0n) is 15.0. The van der Waals surface area contributed by atoms with Crippen LogP contribution in [-0.2, 0) is 5.75 Å². The van der Waals surface area contributed by atoms with Crippen molar-refractivity contribution in [1.82, 2.24) is 14.5 Å². The Balaban J connectivity index is 1.91. The van der Waals surface area contributed by atoms with Crippen molar-refractivity contribution in [3.05, 3.63) is 87.9 Å². The number of hydrogen-bond acceptors (Lipinski definition) is 5. The Morgan fingerprint density at radius 3 is 2.71 bits per heavy atom. The van der Waals surface area contributed by atoms with Gasteiger partial charge in [0.1, 0.15) is 5.75 Å². The van der Waals surface area contributed by atoms with Crippen LogP contribution in [0, 0.1) is 0 Å². The number of thioether (sulfide) groups is 1. The molecule has 140 valence electrons. The molecule has 0 bridgehead atoms. The fraction of sp³-hybridized carbons (Fsp3) is 0.0952. The van der Waals surface area contributed by atoms with Crippen LogP contribution in [0.25, 0.3) is 16.6 Å². The third kappa shape index (κ3) is 3.61. The summed E-state index contributed by atoms with van der Waals surface area (Å²) in [6.07, 6.45) is 1.75. The summed E-state index contributed by atoms with van der Waals surface area (Å²) < 4.78 is 7.06. The van der Waals surface area contributed by atoms with Crippen LogP contribution in [0.2, 0.25) is 5.02 Å². The average Bonchev–Trinajstić information content (AvgIpc) is 2.73. The second kappa shape index (κ2) is 8.04. The summed E-state index contributed by atoms with van der Waals surface area (Å²) in [5.74, 6) is 1.17. The maximum absolute atomic E-state index is 13.3. The van der Waals surface area contributed by atoms with Gasteiger partial charge >= 0.3 is 0 Å². The molecule has 28 heavy (non-hydrogen) atoms. The largest absolute Gasteiger partial charge is 0.495 e. The Morgan fingerprint density at radius 2 is 1.93 bits per heavy atom. The average molecular weight is 410 g/mol. The molecule has 4 rings (SSSR count). The number of hydrogen-bond donors (Lipinski definition) is 0. The number of halogens is 1. The van der Waals surface area contributed by atoms with E-state index in [0.29, 0.717) is 38.3 Å².